The summed E-state index contributed by atoms with van der Waals surface area (Å²) in [6, 6.07) is 11.3. The third-order valence-corrected chi connectivity index (χ3v) is 4.05. The normalized spacial score (nSPS) is 14.2. The average molecular weight is 350 g/mol. The second kappa shape index (κ2) is 6.16. The SMILES string of the molecule is Cc1cc(Br)ccc1Oc1c(F)cccc1CNC1CC1. The molecule has 2 aromatic carbocycles. The molecular formula is C17H17BrFNO. The minimum Gasteiger partial charge on any atom is -0.454 e. The minimum absolute atomic E-state index is 0.316. The number of halogens is 2. The molecule has 0 spiro atoms. The number of nitrogens with one attached hydrogen (secondary N) is 1. The summed E-state index contributed by atoms with van der Waals surface area (Å²) in [5, 5.41) is 3.40. The third-order valence-electron chi connectivity index (χ3n) is 3.56. The first-order chi connectivity index (χ1) is 10.1. The Hall–Kier alpha value is -1.39. The Morgan fingerprint density at radius 1 is 1.29 bits per heavy atom. The number of hydrogen-bond acceptors (Lipinski definition) is 2. The Morgan fingerprint density at radius 3 is 2.81 bits per heavy atom. The van der Waals surface area contributed by atoms with Crippen molar-refractivity contribution < 1.29 is 9.13 Å². The summed E-state index contributed by atoms with van der Waals surface area (Å²) in [4.78, 5) is 0. The molecule has 0 radical (unpaired) electrons. The van der Waals surface area contributed by atoms with Crippen LogP contribution in [-0.4, -0.2) is 6.04 Å². The number of para-hydroxylation sites is 1. The van der Waals surface area contributed by atoms with Crippen LogP contribution in [0.25, 0.3) is 0 Å². The van der Waals surface area contributed by atoms with Gasteiger partial charge in [0.05, 0.1) is 0 Å². The van der Waals surface area contributed by atoms with Gasteiger partial charge in [-0.15, -0.1) is 0 Å². The van der Waals surface area contributed by atoms with Crippen molar-refractivity contribution in [2.45, 2.75) is 32.4 Å². The van der Waals surface area contributed by atoms with Crippen LogP contribution in [0.4, 0.5) is 4.39 Å². The molecule has 21 heavy (non-hydrogen) atoms. The zero-order valence-corrected chi connectivity index (χ0v) is 13.4. The molecule has 0 aliphatic heterocycles. The Labute approximate surface area is 132 Å². The molecule has 1 aliphatic carbocycles. The van der Waals surface area contributed by atoms with Gasteiger partial charge >= 0.3 is 0 Å². The molecule has 0 unspecified atom stereocenters. The van der Waals surface area contributed by atoms with Crippen LogP contribution in [0.3, 0.4) is 0 Å². The summed E-state index contributed by atoms with van der Waals surface area (Å²) in [6.45, 7) is 2.58. The standard InChI is InChI=1S/C17H17BrFNO/c1-11-9-13(18)5-8-16(11)21-17-12(3-2-4-15(17)19)10-20-14-6-7-14/h2-5,8-9,14,20H,6-7,10H2,1H3. The first-order valence-corrected chi connectivity index (χ1v) is 7.87. The van der Waals surface area contributed by atoms with Gasteiger partial charge in [-0.05, 0) is 49.6 Å². The molecule has 1 aliphatic rings. The number of hydrogen-bond donors (Lipinski definition) is 1. The van der Waals surface area contributed by atoms with E-state index in [0.29, 0.717) is 24.1 Å². The van der Waals surface area contributed by atoms with E-state index in [9.17, 15) is 4.39 Å². The average Bonchev–Trinajstić information content (AvgIpc) is 3.26. The van der Waals surface area contributed by atoms with Gasteiger partial charge in [-0.2, -0.15) is 0 Å². The number of benzene rings is 2. The lowest BCUT2D eigenvalue weighted by Gasteiger charge is -2.14. The maximum Gasteiger partial charge on any atom is 0.167 e. The van der Waals surface area contributed by atoms with E-state index in [1.165, 1.54) is 18.9 Å². The maximum absolute atomic E-state index is 14.1. The topological polar surface area (TPSA) is 21.3 Å². The third kappa shape index (κ3) is 3.63. The zero-order valence-electron chi connectivity index (χ0n) is 11.8. The lowest BCUT2D eigenvalue weighted by atomic mass is 10.1. The van der Waals surface area contributed by atoms with E-state index in [4.69, 9.17) is 4.74 Å². The Balaban J connectivity index is 1.85. The van der Waals surface area contributed by atoms with Gasteiger partial charge in [0.15, 0.2) is 11.6 Å². The van der Waals surface area contributed by atoms with Crippen LogP contribution in [0.2, 0.25) is 0 Å². The second-order valence-corrected chi connectivity index (χ2v) is 6.31. The summed E-state index contributed by atoms with van der Waals surface area (Å²) in [6.07, 6.45) is 2.41. The summed E-state index contributed by atoms with van der Waals surface area (Å²) in [5.74, 6) is 0.666. The molecule has 3 rings (SSSR count). The first-order valence-electron chi connectivity index (χ1n) is 7.08. The maximum atomic E-state index is 14.1. The fraction of sp³-hybridized carbons (Fsp3) is 0.294. The van der Waals surface area contributed by atoms with E-state index < -0.39 is 0 Å². The molecular weight excluding hydrogens is 333 g/mol. The van der Waals surface area contributed by atoms with Gasteiger partial charge in [-0.3, -0.25) is 0 Å². The van der Waals surface area contributed by atoms with Crippen molar-refractivity contribution in [2.24, 2.45) is 0 Å². The molecule has 110 valence electrons. The van der Waals surface area contributed by atoms with Crippen molar-refractivity contribution in [3.05, 3.63) is 57.8 Å². The molecule has 1 fully saturated rings. The van der Waals surface area contributed by atoms with Gasteiger partial charge in [0.2, 0.25) is 0 Å². The Morgan fingerprint density at radius 2 is 2.10 bits per heavy atom. The van der Waals surface area contributed by atoms with Gasteiger partial charge in [0.25, 0.3) is 0 Å². The summed E-state index contributed by atoms with van der Waals surface area (Å²) < 4.78 is 21.0. The van der Waals surface area contributed by atoms with E-state index >= 15 is 0 Å². The van der Waals surface area contributed by atoms with Crippen molar-refractivity contribution >= 4 is 15.9 Å². The predicted molar refractivity (Wildman–Crippen MR) is 85.2 cm³/mol. The Bertz CT molecular complexity index is 655. The fourth-order valence-corrected chi connectivity index (χ4v) is 2.66. The number of aryl methyl sites for hydroxylation is 1. The van der Waals surface area contributed by atoms with Gasteiger partial charge in [-0.25, -0.2) is 4.39 Å². The van der Waals surface area contributed by atoms with Crippen LogP contribution in [0.15, 0.2) is 40.9 Å². The van der Waals surface area contributed by atoms with Crippen molar-refractivity contribution in [3.63, 3.8) is 0 Å². The van der Waals surface area contributed by atoms with E-state index in [1.807, 2.05) is 31.2 Å². The van der Waals surface area contributed by atoms with Crippen LogP contribution < -0.4 is 10.1 Å². The largest absolute Gasteiger partial charge is 0.454 e. The highest BCUT2D eigenvalue weighted by atomic mass is 79.9. The summed E-state index contributed by atoms with van der Waals surface area (Å²) >= 11 is 3.42. The van der Waals surface area contributed by atoms with Crippen LogP contribution >= 0.6 is 15.9 Å². The number of rotatable bonds is 5. The van der Waals surface area contributed by atoms with Crippen molar-refractivity contribution in [1.82, 2.24) is 5.32 Å². The Kier molecular flexibility index (Phi) is 4.27. The lowest BCUT2D eigenvalue weighted by molar-refractivity contribution is 0.431. The van der Waals surface area contributed by atoms with Crippen LogP contribution in [0.5, 0.6) is 11.5 Å². The van der Waals surface area contributed by atoms with Crippen LogP contribution in [0.1, 0.15) is 24.0 Å². The van der Waals surface area contributed by atoms with E-state index in [1.54, 1.807) is 6.07 Å². The zero-order chi connectivity index (χ0) is 14.8. The molecule has 2 aromatic rings. The summed E-state index contributed by atoms with van der Waals surface area (Å²) in [7, 11) is 0. The monoisotopic (exact) mass is 349 g/mol. The molecule has 0 heterocycles. The number of ether oxygens (including phenoxy) is 1. The second-order valence-electron chi connectivity index (χ2n) is 5.40. The first kappa shape index (κ1) is 14.5. The molecule has 0 aromatic heterocycles. The molecule has 0 saturated heterocycles. The van der Waals surface area contributed by atoms with Crippen molar-refractivity contribution in [3.8, 4) is 11.5 Å². The lowest BCUT2D eigenvalue weighted by Crippen LogP contribution is -2.16. The van der Waals surface area contributed by atoms with E-state index in [-0.39, 0.29) is 5.82 Å². The fourth-order valence-electron chi connectivity index (χ4n) is 2.19. The predicted octanol–water partition coefficient (Wildman–Crippen LogP) is 4.94. The molecule has 1 saturated carbocycles. The quantitative estimate of drug-likeness (QED) is 0.825. The van der Waals surface area contributed by atoms with Gasteiger partial charge in [0.1, 0.15) is 5.75 Å². The molecule has 0 atom stereocenters. The van der Waals surface area contributed by atoms with E-state index in [2.05, 4.69) is 21.2 Å². The van der Waals surface area contributed by atoms with Crippen LogP contribution in [-0.2, 0) is 6.54 Å². The smallest absolute Gasteiger partial charge is 0.167 e. The highest BCUT2D eigenvalue weighted by Crippen LogP contribution is 2.32. The van der Waals surface area contributed by atoms with Gasteiger partial charge in [-0.1, -0.05) is 28.1 Å². The van der Waals surface area contributed by atoms with Gasteiger partial charge in [0, 0.05) is 22.6 Å². The molecule has 2 nitrogen and oxygen atoms in total. The van der Waals surface area contributed by atoms with Crippen molar-refractivity contribution in [1.29, 1.82) is 0 Å². The van der Waals surface area contributed by atoms with Crippen molar-refractivity contribution in [2.75, 3.05) is 0 Å². The highest BCUT2D eigenvalue weighted by Gasteiger charge is 2.21. The van der Waals surface area contributed by atoms with E-state index in [0.717, 1.165) is 15.6 Å². The summed E-state index contributed by atoms with van der Waals surface area (Å²) in [5.41, 5.74) is 1.82. The molecule has 0 amide bonds. The van der Waals surface area contributed by atoms with Crippen LogP contribution in [0, 0.1) is 12.7 Å². The minimum atomic E-state index is -0.326. The van der Waals surface area contributed by atoms with Gasteiger partial charge < -0.3 is 10.1 Å². The highest BCUT2D eigenvalue weighted by molar-refractivity contribution is 9.10. The molecule has 0 bridgehead atoms. The molecule has 1 N–H and O–H groups in total. The molecule has 4 heteroatoms.